The molecule has 1 aromatic rings. The van der Waals surface area contributed by atoms with Gasteiger partial charge in [-0.2, -0.15) is 0 Å². The summed E-state index contributed by atoms with van der Waals surface area (Å²) in [4.78, 5) is 39.1. The number of rotatable bonds is 8. The summed E-state index contributed by atoms with van der Waals surface area (Å²) in [7, 11) is 0. The minimum absolute atomic E-state index is 0.176. The van der Waals surface area contributed by atoms with Crippen LogP contribution >= 0.6 is 0 Å². The van der Waals surface area contributed by atoms with Gasteiger partial charge in [-0.05, 0) is 24.1 Å². The van der Waals surface area contributed by atoms with E-state index in [2.05, 4.69) is 0 Å². The molecule has 1 aliphatic rings. The maximum Gasteiger partial charge on any atom is 0.317 e. The van der Waals surface area contributed by atoms with Crippen LogP contribution in [0.2, 0.25) is 0 Å². The Morgan fingerprint density at radius 1 is 0.828 bits per heavy atom. The predicted octanol–water partition coefficient (Wildman–Crippen LogP) is -0.647. The van der Waals surface area contributed by atoms with E-state index in [9.17, 15) is 24.6 Å². The highest BCUT2D eigenvalue weighted by molar-refractivity contribution is 5.70. The van der Waals surface area contributed by atoms with E-state index >= 15 is 0 Å². The van der Waals surface area contributed by atoms with Gasteiger partial charge in [0.2, 0.25) is 0 Å². The molecular weight excluding hydrogens is 380 g/mol. The number of carboxylic acids is 3. The van der Waals surface area contributed by atoms with Gasteiger partial charge in [0.15, 0.2) is 0 Å². The third-order valence-corrected chi connectivity index (χ3v) is 4.93. The van der Waals surface area contributed by atoms with Gasteiger partial charge in [0, 0.05) is 44.5 Å². The molecule has 1 unspecified atom stereocenters. The van der Waals surface area contributed by atoms with Crippen molar-refractivity contribution >= 4 is 23.6 Å². The third-order valence-electron chi connectivity index (χ3n) is 4.93. The fraction of sp³-hybridized carbons (Fsp3) is 0.526. The average molecular weight is 408 g/mol. The number of nitrogen functional groups attached to an aromatic ring is 1. The smallest absolute Gasteiger partial charge is 0.317 e. The van der Waals surface area contributed by atoms with Crippen molar-refractivity contribution in [2.75, 3.05) is 58.1 Å². The zero-order valence-corrected chi connectivity index (χ0v) is 16.2. The van der Waals surface area contributed by atoms with Gasteiger partial charge in [-0.1, -0.05) is 12.1 Å². The van der Waals surface area contributed by atoms with Crippen LogP contribution in [0.1, 0.15) is 5.56 Å². The Bertz CT molecular complexity index is 711. The molecule has 0 amide bonds. The van der Waals surface area contributed by atoms with Crippen molar-refractivity contribution in [2.45, 2.75) is 12.5 Å². The Morgan fingerprint density at radius 2 is 1.34 bits per heavy atom. The summed E-state index contributed by atoms with van der Waals surface area (Å²) in [5.74, 6) is -2.94. The molecule has 0 aromatic heterocycles. The van der Waals surface area contributed by atoms with Gasteiger partial charge in [-0.3, -0.25) is 29.1 Å². The van der Waals surface area contributed by atoms with E-state index in [0.717, 1.165) is 5.56 Å². The first-order valence-corrected chi connectivity index (χ1v) is 9.41. The topological polar surface area (TPSA) is 148 Å². The zero-order chi connectivity index (χ0) is 21.4. The van der Waals surface area contributed by atoms with Gasteiger partial charge >= 0.3 is 17.9 Å². The summed E-state index contributed by atoms with van der Waals surface area (Å²) < 4.78 is 0. The van der Waals surface area contributed by atoms with Crippen molar-refractivity contribution in [3.05, 3.63) is 29.8 Å². The Hall–Kier alpha value is -2.69. The molecule has 1 fully saturated rings. The number of benzene rings is 1. The van der Waals surface area contributed by atoms with Crippen molar-refractivity contribution in [1.82, 2.24) is 14.7 Å². The van der Waals surface area contributed by atoms with Gasteiger partial charge in [-0.15, -0.1) is 0 Å². The molecule has 1 aromatic carbocycles. The molecule has 0 bridgehead atoms. The Morgan fingerprint density at radius 3 is 1.93 bits per heavy atom. The van der Waals surface area contributed by atoms with Crippen LogP contribution in [-0.2, 0) is 20.8 Å². The maximum atomic E-state index is 11.4. The Balaban J connectivity index is 2.26. The quantitative estimate of drug-likeness (QED) is 0.409. The molecule has 10 nitrogen and oxygen atoms in total. The minimum atomic E-state index is -0.985. The van der Waals surface area contributed by atoms with Gasteiger partial charge in [0.05, 0.1) is 19.6 Å². The molecule has 0 spiro atoms. The average Bonchev–Trinajstić information content (AvgIpc) is 2.68. The molecule has 1 atom stereocenters. The lowest BCUT2D eigenvalue weighted by molar-refractivity contribution is -0.140. The first-order chi connectivity index (χ1) is 13.7. The number of hydrogen-bond donors (Lipinski definition) is 4. The number of hydrogen-bond acceptors (Lipinski definition) is 7. The van der Waals surface area contributed by atoms with Crippen molar-refractivity contribution in [2.24, 2.45) is 0 Å². The molecule has 160 valence electrons. The molecular formula is C19H28N4O6. The second-order valence-corrected chi connectivity index (χ2v) is 7.26. The molecule has 5 N–H and O–H groups in total. The highest BCUT2D eigenvalue weighted by Gasteiger charge is 2.27. The first kappa shape index (κ1) is 22.6. The van der Waals surface area contributed by atoms with E-state index in [0.29, 0.717) is 44.8 Å². The van der Waals surface area contributed by atoms with E-state index in [1.807, 2.05) is 12.1 Å². The monoisotopic (exact) mass is 408 g/mol. The Labute approximate surface area is 169 Å². The first-order valence-electron chi connectivity index (χ1n) is 9.41. The molecule has 0 saturated carbocycles. The molecule has 10 heteroatoms. The van der Waals surface area contributed by atoms with E-state index in [1.165, 1.54) is 0 Å². The van der Waals surface area contributed by atoms with Gasteiger partial charge < -0.3 is 21.1 Å². The van der Waals surface area contributed by atoms with E-state index in [1.54, 1.807) is 26.8 Å². The molecule has 1 saturated heterocycles. The summed E-state index contributed by atoms with van der Waals surface area (Å²) >= 11 is 0. The lowest BCUT2D eigenvalue weighted by atomic mass is 10.0. The summed E-state index contributed by atoms with van der Waals surface area (Å²) in [6.45, 7) is 1.34. The van der Waals surface area contributed by atoms with Crippen LogP contribution in [0.3, 0.4) is 0 Å². The van der Waals surface area contributed by atoms with Crippen LogP contribution in [0.15, 0.2) is 24.3 Å². The maximum absolute atomic E-state index is 11.4. The SMILES string of the molecule is Nc1ccc(CC2CN(CC(=O)O)CCN(CC(=O)O)CCN2CC(=O)O)cc1. The van der Waals surface area contributed by atoms with Crippen LogP contribution in [0.5, 0.6) is 0 Å². The number of carbonyl (C=O) groups is 3. The summed E-state index contributed by atoms with van der Waals surface area (Å²) in [5, 5.41) is 27.7. The van der Waals surface area contributed by atoms with Gasteiger partial charge in [0.25, 0.3) is 0 Å². The van der Waals surface area contributed by atoms with Crippen molar-refractivity contribution in [3.8, 4) is 0 Å². The standard InChI is InChI=1S/C19H28N4O6/c20-15-3-1-14(2-4-15)9-16-10-22(12-18(26)27)6-5-21(11-17(24)25)7-8-23(16)13-19(28)29/h1-4,16H,5-13,20H2,(H,24,25)(H,26,27)(H,28,29). The van der Waals surface area contributed by atoms with Gasteiger partial charge in [-0.25, -0.2) is 0 Å². The molecule has 2 rings (SSSR count). The van der Waals surface area contributed by atoms with Crippen molar-refractivity contribution in [1.29, 1.82) is 0 Å². The number of carboxylic acid groups (broad SMARTS) is 3. The van der Waals surface area contributed by atoms with Crippen LogP contribution in [0.4, 0.5) is 5.69 Å². The molecule has 1 heterocycles. The normalized spacial score (nSPS) is 19.8. The van der Waals surface area contributed by atoms with Crippen molar-refractivity contribution in [3.63, 3.8) is 0 Å². The predicted molar refractivity (Wildman–Crippen MR) is 106 cm³/mol. The van der Waals surface area contributed by atoms with E-state index in [4.69, 9.17) is 10.8 Å². The summed E-state index contributed by atoms with van der Waals surface area (Å²) in [6, 6.07) is 7.06. The van der Waals surface area contributed by atoms with E-state index in [-0.39, 0.29) is 25.7 Å². The van der Waals surface area contributed by atoms with Crippen LogP contribution in [0, 0.1) is 0 Å². The lowest BCUT2D eigenvalue weighted by Gasteiger charge is -2.33. The Kier molecular flexibility index (Phi) is 8.37. The van der Waals surface area contributed by atoms with Crippen LogP contribution in [0.25, 0.3) is 0 Å². The summed E-state index contributed by atoms with van der Waals surface area (Å²) in [6.07, 6.45) is 0.530. The van der Waals surface area contributed by atoms with Gasteiger partial charge in [0.1, 0.15) is 0 Å². The molecule has 1 aliphatic heterocycles. The second kappa shape index (κ2) is 10.7. The van der Waals surface area contributed by atoms with E-state index < -0.39 is 17.9 Å². The lowest BCUT2D eigenvalue weighted by Crippen LogP contribution is -2.49. The molecule has 29 heavy (non-hydrogen) atoms. The number of anilines is 1. The minimum Gasteiger partial charge on any atom is -0.480 e. The summed E-state index contributed by atoms with van der Waals surface area (Å²) in [5.41, 5.74) is 7.33. The fourth-order valence-electron chi connectivity index (χ4n) is 3.54. The molecule has 0 radical (unpaired) electrons. The highest BCUT2D eigenvalue weighted by atomic mass is 16.4. The highest BCUT2D eigenvalue weighted by Crippen LogP contribution is 2.15. The number of nitrogens with two attached hydrogens (primary N) is 1. The van der Waals surface area contributed by atoms with Crippen molar-refractivity contribution < 1.29 is 29.7 Å². The number of aliphatic carboxylic acids is 3. The third kappa shape index (κ3) is 8.06. The van der Waals surface area contributed by atoms with Crippen LogP contribution in [-0.4, -0.2) is 106 Å². The fourth-order valence-corrected chi connectivity index (χ4v) is 3.54. The number of nitrogens with zero attached hydrogens (tertiary/aromatic N) is 3. The zero-order valence-electron chi connectivity index (χ0n) is 16.2. The largest absolute Gasteiger partial charge is 0.480 e. The van der Waals surface area contributed by atoms with Crippen LogP contribution < -0.4 is 5.73 Å². The second-order valence-electron chi connectivity index (χ2n) is 7.26. The molecule has 0 aliphatic carbocycles.